The minimum absolute atomic E-state index is 0.472. The lowest BCUT2D eigenvalue weighted by Crippen LogP contribution is -2.03. The van der Waals surface area contributed by atoms with E-state index in [1.165, 1.54) is 11.1 Å². The van der Waals surface area contributed by atoms with E-state index >= 15 is 0 Å². The Morgan fingerprint density at radius 1 is 0.969 bits per heavy atom. The first-order valence-electron chi connectivity index (χ1n) is 10.8. The van der Waals surface area contributed by atoms with Crippen LogP contribution in [0.15, 0.2) is 59.3 Å². The molecule has 2 heterocycles. The van der Waals surface area contributed by atoms with E-state index in [1.807, 2.05) is 25.1 Å². The molecule has 0 unspecified atom stereocenters. The summed E-state index contributed by atoms with van der Waals surface area (Å²) in [5.41, 5.74) is 7.36. The number of nitrogens with zero attached hydrogens (tertiary/aromatic N) is 3. The SMILES string of the molecule is CCCNc1ncc(-c2noc(-c3ccc(-c4ccccc4C)c(COC)c3)n2)cc1C. The van der Waals surface area contributed by atoms with Crippen molar-refractivity contribution in [1.82, 2.24) is 15.1 Å². The molecule has 0 aliphatic heterocycles. The summed E-state index contributed by atoms with van der Waals surface area (Å²) in [7, 11) is 1.70. The molecule has 2 aromatic heterocycles. The van der Waals surface area contributed by atoms with Gasteiger partial charge in [-0.15, -0.1) is 0 Å². The third kappa shape index (κ3) is 4.55. The topological polar surface area (TPSA) is 73.1 Å². The van der Waals surface area contributed by atoms with Crippen molar-refractivity contribution in [2.45, 2.75) is 33.8 Å². The monoisotopic (exact) mass is 428 g/mol. The molecule has 4 rings (SSSR count). The van der Waals surface area contributed by atoms with E-state index in [1.54, 1.807) is 13.3 Å². The van der Waals surface area contributed by atoms with E-state index in [4.69, 9.17) is 9.26 Å². The average Bonchev–Trinajstić information content (AvgIpc) is 3.29. The van der Waals surface area contributed by atoms with Crippen LogP contribution in [0, 0.1) is 13.8 Å². The summed E-state index contributed by atoms with van der Waals surface area (Å²) in [6.07, 6.45) is 2.82. The molecule has 1 N–H and O–H groups in total. The Morgan fingerprint density at radius 3 is 2.56 bits per heavy atom. The maximum Gasteiger partial charge on any atom is 0.258 e. The molecule has 0 bridgehead atoms. The van der Waals surface area contributed by atoms with E-state index in [-0.39, 0.29) is 0 Å². The number of ether oxygens (including phenoxy) is 1. The van der Waals surface area contributed by atoms with Crippen LogP contribution in [0.4, 0.5) is 5.82 Å². The highest BCUT2D eigenvalue weighted by Crippen LogP contribution is 2.32. The molecule has 164 valence electrons. The summed E-state index contributed by atoms with van der Waals surface area (Å²) >= 11 is 0. The van der Waals surface area contributed by atoms with Gasteiger partial charge in [-0.3, -0.25) is 0 Å². The highest BCUT2D eigenvalue weighted by molar-refractivity contribution is 5.74. The van der Waals surface area contributed by atoms with Crippen molar-refractivity contribution in [2.24, 2.45) is 0 Å². The van der Waals surface area contributed by atoms with Crippen molar-refractivity contribution in [3.8, 4) is 34.0 Å². The lowest BCUT2D eigenvalue weighted by Gasteiger charge is -2.12. The molecule has 32 heavy (non-hydrogen) atoms. The fraction of sp³-hybridized carbons (Fsp3) is 0.269. The third-order valence-corrected chi connectivity index (χ3v) is 5.39. The lowest BCUT2D eigenvalue weighted by molar-refractivity contribution is 0.185. The van der Waals surface area contributed by atoms with Gasteiger partial charge >= 0.3 is 0 Å². The van der Waals surface area contributed by atoms with Crippen LogP contribution in [0.5, 0.6) is 0 Å². The van der Waals surface area contributed by atoms with Gasteiger partial charge in [0.25, 0.3) is 5.89 Å². The summed E-state index contributed by atoms with van der Waals surface area (Å²) in [5.74, 6) is 1.88. The van der Waals surface area contributed by atoms with Crippen molar-refractivity contribution in [3.63, 3.8) is 0 Å². The summed E-state index contributed by atoms with van der Waals surface area (Å²) in [5, 5.41) is 7.51. The second kappa shape index (κ2) is 9.75. The molecule has 0 atom stereocenters. The second-order valence-electron chi connectivity index (χ2n) is 7.86. The highest BCUT2D eigenvalue weighted by atomic mass is 16.5. The van der Waals surface area contributed by atoms with Crippen molar-refractivity contribution in [3.05, 3.63) is 71.4 Å². The van der Waals surface area contributed by atoms with Crippen LogP contribution in [0.1, 0.15) is 30.0 Å². The fourth-order valence-electron chi connectivity index (χ4n) is 3.72. The Kier molecular flexibility index (Phi) is 6.61. The molecule has 0 fully saturated rings. The highest BCUT2D eigenvalue weighted by Gasteiger charge is 2.15. The molecule has 0 aliphatic carbocycles. The number of aromatic nitrogens is 3. The standard InChI is InChI=1S/C26H28N4O2/c1-5-12-27-24-18(3)13-20(15-28-24)25-29-26(32-30-25)19-10-11-23(21(14-19)16-31-4)22-9-7-6-8-17(22)2/h6-11,13-15H,5,12,16H2,1-4H3,(H,27,28). The third-order valence-electron chi connectivity index (χ3n) is 5.39. The Hall–Kier alpha value is -3.51. The predicted molar refractivity (Wildman–Crippen MR) is 127 cm³/mol. The molecule has 6 heteroatoms. The van der Waals surface area contributed by atoms with Gasteiger partial charge < -0.3 is 14.6 Å². The maximum atomic E-state index is 5.60. The van der Waals surface area contributed by atoms with Crippen molar-refractivity contribution in [2.75, 3.05) is 19.0 Å². The zero-order chi connectivity index (χ0) is 22.5. The van der Waals surface area contributed by atoms with Crippen LogP contribution in [0.2, 0.25) is 0 Å². The number of hydrogen-bond acceptors (Lipinski definition) is 6. The lowest BCUT2D eigenvalue weighted by atomic mass is 9.94. The van der Waals surface area contributed by atoms with Gasteiger partial charge in [0.15, 0.2) is 0 Å². The smallest absolute Gasteiger partial charge is 0.258 e. The number of methoxy groups -OCH3 is 1. The van der Waals surface area contributed by atoms with Gasteiger partial charge in [0.05, 0.1) is 6.61 Å². The molecule has 0 saturated heterocycles. The Morgan fingerprint density at radius 2 is 1.81 bits per heavy atom. The normalized spacial score (nSPS) is 11.0. The van der Waals surface area contributed by atoms with E-state index < -0.39 is 0 Å². The molecular weight excluding hydrogens is 400 g/mol. The van der Waals surface area contributed by atoms with E-state index in [0.717, 1.165) is 46.6 Å². The molecule has 0 aliphatic rings. The van der Waals surface area contributed by atoms with Gasteiger partial charge in [0.2, 0.25) is 5.82 Å². The molecule has 0 amide bonds. The number of benzene rings is 2. The zero-order valence-electron chi connectivity index (χ0n) is 19.0. The van der Waals surface area contributed by atoms with Crippen molar-refractivity contribution in [1.29, 1.82) is 0 Å². The van der Waals surface area contributed by atoms with Gasteiger partial charge in [0, 0.05) is 31.0 Å². The van der Waals surface area contributed by atoms with Crippen LogP contribution >= 0.6 is 0 Å². The second-order valence-corrected chi connectivity index (χ2v) is 7.86. The molecule has 0 spiro atoms. The minimum atomic E-state index is 0.472. The average molecular weight is 429 g/mol. The summed E-state index contributed by atoms with van der Waals surface area (Å²) in [4.78, 5) is 9.14. The first-order chi connectivity index (χ1) is 15.6. The molecule has 6 nitrogen and oxygen atoms in total. The molecule has 0 saturated carbocycles. The van der Waals surface area contributed by atoms with Gasteiger partial charge in [-0.1, -0.05) is 42.4 Å². The van der Waals surface area contributed by atoms with Gasteiger partial charge in [-0.05, 0) is 66.3 Å². The molecular formula is C26H28N4O2. The van der Waals surface area contributed by atoms with E-state index in [2.05, 4.69) is 64.6 Å². The van der Waals surface area contributed by atoms with Crippen LogP contribution in [-0.2, 0) is 11.3 Å². The minimum Gasteiger partial charge on any atom is -0.380 e. The number of nitrogens with one attached hydrogen (secondary N) is 1. The Labute approximate surface area is 188 Å². The Bertz CT molecular complexity index is 1220. The Balaban J connectivity index is 1.65. The van der Waals surface area contributed by atoms with E-state index in [9.17, 15) is 0 Å². The zero-order valence-corrected chi connectivity index (χ0v) is 19.0. The summed E-state index contributed by atoms with van der Waals surface area (Å²) < 4.78 is 11.1. The largest absolute Gasteiger partial charge is 0.380 e. The van der Waals surface area contributed by atoms with Crippen LogP contribution in [0.25, 0.3) is 34.0 Å². The van der Waals surface area contributed by atoms with Gasteiger partial charge in [0.1, 0.15) is 5.82 Å². The van der Waals surface area contributed by atoms with Crippen LogP contribution in [0.3, 0.4) is 0 Å². The summed E-state index contributed by atoms with van der Waals surface area (Å²) in [6, 6.07) is 16.5. The van der Waals surface area contributed by atoms with Gasteiger partial charge in [-0.25, -0.2) is 4.98 Å². The quantitative estimate of drug-likeness (QED) is 0.368. The van der Waals surface area contributed by atoms with Crippen LogP contribution < -0.4 is 5.32 Å². The van der Waals surface area contributed by atoms with Crippen LogP contribution in [-0.4, -0.2) is 28.8 Å². The molecule has 4 aromatic rings. The molecule has 0 radical (unpaired) electrons. The molecule has 2 aromatic carbocycles. The van der Waals surface area contributed by atoms with Crippen molar-refractivity contribution >= 4 is 5.82 Å². The predicted octanol–water partition coefficient (Wildman–Crippen LogP) is 6.05. The maximum absolute atomic E-state index is 5.60. The summed E-state index contributed by atoms with van der Waals surface area (Å²) in [6.45, 7) is 7.65. The number of aryl methyl sites for hydroxylation is 2. The number of anilines is 1. The van der Waals surface area contributed by atoms with E-state index in [0.29, 0.717) is 18.3 Å². The number of pyridine rings is 1. The first-order valence-corrected chi connectivity index (χ1v) is 10.8. The number of rotatable bonds is 8. The number of hydrogen-bond donors (Lipinski definition) is 1. The fourth-order valence-corrected chi connectivity index (χ4v) is 3.72. The van der Waals surface area contributed by atoms with Gasteiger partial charge in [-0.2, -0.15) is 4.98 Å². The van der Waals surface area contributed by atoms with Crippen molar-refractivity contribution < 1.29 is 9.26 Å². The first kappa shape index (κ1) is 21.7.